The zero-order chi connectivity index (χ0) is 22.1. The summed E-state index contributed by atoms with van der Waals surface area (Å²) in [7, 11) is 1.78. The number of hydrogen-bond donors (Lipinski definition) is 1. The standard InChI is InChI=1S/C21H19BrN6O3/c1-4-31-21(30)15-11-24-28-16(8-9-23-19(15)28)13-6-5-7-14(10-13)25-20(29)18-17(22)12(2)27(3)26-18/h5-11H,4H2,1-3H3,(H,25,29). The molecule has 31 heavy (non-hydrogen) atoms. The Kier molecular flexibility index (Phi) is 5.55. The summed E-state index contributed by atoms with van der Waals surface area (Å²) in [5.41, 5.74) is 3.96. The van der Waals surface area contributed by atoms with Gasteiger partial charge in [0, 0.05) is 24.5 Å². The minimum absolute atomic E-state index is 0.267. The molecule has 1 aromatic carbocycles. The van der Waals surface area contributed by atoms with E-state index in [4.69, 9.17) is 4.74 Å². The first-order valence-corrected chi connectivity index (χ1v) is 10.3. The molecule has 0 radical (unpaired) electrons. The van der Waals surface area contributed by atoms with E-state index < -0.39 is 5.97 Å². The number of aryl methyl sites for hydroxylation is 1. The molecule has 3 heterocycles. The average molecular weight is 483 g/mol. The first-order chi connectivity index (χ1) is 14.9. The fraction of sp³-hybridized carbons (Fsp3) is 0.190. The molecule has 0 aliphatic rings. The third-order valence-corrected chi connectivity index (χ3v) is 5.74. The molecular formula is C21H19BrN6O3. The smallest absolute Gasteiger partial charge is 0.343 e. The van der Waals surface area contributed by atoms with Crippen LogP contribution in [0.1, 0.15) is 33.5 Å². The van der Waals surface area contributed by atoms with Crippen molar-refractivity contribution in [2.24, 2.45) is 7.05 Å². The normalized spacial score (nSPS) is 11.0. The molecule has 10 heteroatoms. The molecule has 0 saturated carbocycles. The lowest BCUT2D eigenvalue weighted by molar-refractivity contribution is 0.0528. The molecule has 0 aliphatic heterocycles. The Morgan fingerprint density at radius 1 is 1.26 bits per heavy atom. The third-order valence-electron chi connectivity index (χ3n) is 4.79. The summed E-state index contributed by atoms with van der Waals surface area (Å²) in [5, 5.41) is 11.4. The van der Waals surface area contributed by atoms with Crippen molar-refractivity contribution in [1.29, 1.82) is 0 Å². The van der Waals surface area contributed by atoms with Gasteiger partial charge >= 0.3 is 5.97 Å². The van der Waals surface area contributed by atoms with E-state index in [1.165, 1.54) is 6.20 Å². The van der Waals surface area contributed by atoms with Crippen molar-refractivity contribution in [3.8, 4) is 11.3 Å². The number of nitrogens with zero attached hydrogens (tertiary/aromatic N) is 5. The second kappa shape index (κ2) is 8.31. The number of anilines is 1. The van der Waals surface area contributed by atoms with E-state index >= 15 is 0 Å². The van der Waals surface area contributed by atoms with Gasteiger partial charge in [-0.25, -0.2) is 14.3 Å². The SMILES string of the molecule is CCOC(=O)c1cnn2c(-c3cccc(NC(=O)c4nn(C)c(C)c4Br)c3)ccnc12. The lowest BCUT2D eigenvalue weighted by atomic mass is 10.1. The number of rotatable bonds is 5. The van der Waals surface area contributed by atoms with Gasteiger partial charge in [0.1, 0.15) is 5.56 Å². The number of nitrogens with one attached hydrogen (secondary N) is 1. The van der Waals surface area contributed by atoms with Crippen molar-refractivity contribution in [3.63, 3.8) is 0 Å². The zero-order valence-electron chi connectivity index (χ0n) is 17.1. The van der Waals surface area contributed by atoms with Crippen LogP contribution < -0.4 is 5.32 Å². The molecule has 9 nitrogen and oxygen atoms in total. The number of carbonyl (C=O) groups excluding carboxylic acids is 2. The Labute approximate surface area is 186 Å². The van der Waals surface area contributed by atoms with Gasteiger partial charge in [-0.15, -0.1) is 0 Å². The van der Waals surface area contributed by atoms with Gasteiger partial charge in [-0.2, -0.15) is 10.2 Å². The molecule has 1 N–H and O–H groups in total. The number of hydrogen-bond acceptors (Lipinski definition) is 6. The van der Waals surface area contributed by atoms with Crippen LogP contribution in [0.5, 0.6) is 0 Å². The quantitative estimate of drug-likeness (QED) is 0.435. The summed E-state index contributed by atoms with van der Waals surface area (Å²) in [6.45, 7) is 3.88. The minimum Gasteiger partial charge on any atom is -0.462 e. The number of ether oxygens (including phenoxy) is 1. The average Bonchev–Trinajstić information content (AvgIpc) is 3.31. The van der Waals surface area contributed by atoms with Gasteiger partial charge in [0.05, 0.1) is 28.7 Å². The summed E-state index contributed by atoms with van der Waals surface area (Å²) < 4.78 is 8.94. The largest absolute Gasteiger partial charge is 0.462 e. The van der Waals surface area contributed by atoms with E-state index in [9.17, 15) is 9.59 Å². The first kappa shape index (κ1) is 20.7. The van der Waals surface area contributed by atoms with Crippen LogP contribution in [0.3, 0.4) is 0 Å². The summed E-state index contributed by atoms with van der Waals surface area (Å²) in [6.07, 6.45) is 3.05. The molecule has 0 spiro atoms. The van der Waals surface area contributed by atoms with Gasteiger partial charge in [-0.05, 0) is 48.0 Å². The Balaban J connectivity index is 1.67. The van der Waals surface area contributed by atoms with Crippen LogP contribution in [-0.2, 0) is 11.8 Å². The molecule has 4 aromatic rings. The number of benzene rings is 1. The van der Waals surface area contributed by atoms with Crippen LogP contribution in [-0.4, -0.2) is 42.9 Å². The van der Waals surface area contributed by atoms with E-state index in [2.05, 4.69) is 36.4 Å². The highest BCUT2D eigenvalue weighted by Gasteiger charge is 2.19. The fourth-order valence-electron chi connectivity index (χ4n) is 3.14. The highest BCUT2D eigenvalue weighted by atomic mass is 79.9. The van der Waals surface area contributed by atoms with Crippen molar-refractivity contribution in [1.82, 2.24) is 24.4 Å². The lowest BCUT2D eigenvalue weighted by Crippen LogP contribution is -2.13. The number of esters is 1. The van der Waals surface area contributed by atoms with Crippen LogP contribution >= 0.6 is 15.9 Å². The van der Waals surface area contributed by atoms with Crippen molar-refractivity contribution >= 4 is 39.1 Å². The second-order valence-corrected chi connectivity index (χ2v) is 7.54. The van der Waals surface area contributed by atoms with E-state index in [-0.39, 0.29) is 12.5 Å². The number of aromatic nitrogens is 5. The lowest BCUT2D eigenvalue weighted by Gasteiger charge is -2.08. The van der Waals surface area contributed by atoms with E-state index in [1.807, 2.05) is 25.1 Å². The highest BCUT2D eigenvalue weighted by molar-refractivity contribution is 9.10. The molecular weight excluding hydrogens is 464 g/mol. The predicted octanol–water partition coefficient (Wildman–Crippen LogP) is 3.63. The Hall–Kier alpha value is -3.53. The molecule has 1 amide bonds. The number of fused-ring (bicyclic) bond motifs is 1. The zero-order valence-corrected chi connectivity index (χ0v) is 18.7. The third kappa shape index (κ3) is 3.81. The maximum Gasteiger partial charge on any atom is 0.343 e. The van der Waals surface area contributed by atoms with Crippen LogP contribution in [0.25, 0.3) is 16.9 Å². The van der Waals surface area contributed by atoms with Gasteiger partial charge < -0.3 is 10.1 Å². The molecule has 0 saturated heterocycles. The first-order valence-electron chi connectivity index (χ1n) is 9.51. The topological polar surface area (TPSA) is 103 Å². The highest BCUT2D eigenvalue weighted by Crippen LogP contribution is 2.25. The fourth-order valence-corrected chi connectivity index (χ4v) is 3.65. The Morgan fingerprint density at radius 3 is 2.77 bits per heavy atom. The molecule has 0 aliphatic carbocycles. The second-order valence-electron chi connectivity index (χ2n) is 6.75. The van der Waals surface area contributed by atoms with E-state index in [0.29, 0.717) is 32.8 Å². The molecule has 0 unspecified atom stereocenters. The predicted molar refractivity (Wildman–Crippen MR) is 118 cm³/mol. The van der Waals surface area contributed by atoms with Gasteiger partial charge in [0.2, 0.25) is 0 Å². The molecule has 0 bridgehead atoms. The van der Waals surface area contributed by atoms with E-state index in [1.54, 1.807) is 41.5 Å². The Morgan fingerprint density at radius 2 is 2.06 bits per heavy atom. The van der Waals surface area contributed by atoms with Crippen LogP contribution in [0.15, 0.2) is 47.2 Å². The number of carbonyl (C=O) groups is 2. The molecule has 4 rings (SSSR count). The van der Waals surface area contributed by atoms with E-state index in [0.717, 1.165) is 11.3 Å². The number of halogens is 1. The van der Waals surface area contributed by atoms with Gasteiger partial charge in [0.25, 0.3) is 5.91 Å². The van der Waals surface area contributed by atoms with Crippen LogP contribution in [0.4, 0.5) is 5.69 Å². The van der Waals surface area contributed by atoms with Gasteiger partial charge in [-0.1, -0.05) is 12.1 Å². The van der Waals surface area contributed by atoms with Crippen molar-refractivity contribution in [2.75, 3.05) is 11.9 Å². The van der Waals surface area contributed by atoms with Crippen molar-refractivity contribution in [2.45, 2.75) is 13.8 Å². The Bertz CT molecular complexity index is 1310. The van der Waals surface area contributed by atoms with Crippen LogP contribution in [0, 0.1) is 6.92 Å². The number of amides is 1. The molecule has 0 atom stereocenters. The van der Waals surface area contributed by atoms with Gasteiger partial charge in [0.15, 0.2) is 11.3 Å². The molecule has 3 aromatic heterocycles. The summed E-state index contributed by atoms with van der Waals surface area (Å²) in [4.78, 5) is 29.1. The summed E-state index contributed by atoms with van der Waals surface area (Å²) >= 11 is 3.42. The maximum absolute atomic E-state index is 12.7. The van der Waals surface area contributed by atoms with Crippen molar-refractivity contribution < 1.29 is 14.3 Å². The molecule has 0 fully saturated rings. The minimum atomic E-state index is -0.473. The van der Waals surface area contributed by atoms with Gasteiger partial charge in [-0.3, -0.25) is 9.48 Å². The van der Waals surface area contributed by atoms with Crippen LogP contribution in [0.2, 0.25) is 0 Å². The summed E-state index contributed by atoms with van der Waals surface area (Å²) in [5.74, 6) is -0.796. The monoisotopic (exact) mass is 482 g/mol. The summed E-state index contributed by atoms with van der Waals surface area (Å²) in [6, 6.07) is 9.11. The maximum atomic E-state index is 12.7. The van der Waals surface area contributed by atoms with Crippen molar-refractivity contribution in [3.05, 3.63) is 64.1 Å². The molecule has 158 valence electrons.